The zero-order valence-electron chi connectivity index (χ0n) is 21.7. The molecule has 0 saturated heterocycles. The number of benzene rings is 2. The van der Waals surface area contributed by atoms with Crippen molar-refractivity contribution in [3.8, 4) is 0 Å². The first-order valence-corrected chi connectivity index (χ1v) is 12.9. The fourth-order valence-corrected chi connectivity index (χ4v) is 4.78. The van der Waals surface area contributed by atoms with Gasteiger partial charge in [0.15, 0.2) is 5.65 Å². The minimum Gasteiger partial charge on any atom is -0.330 e. The van der Waals surface area contributed by atoms with Crippen LogP contribution in [0.5, 0.6) is 0 Å². The molecule has 4 aromatic rings. The maximum Gasteiger partial charge on any atom is 0.352 e. The van der Waals surface area contributed by atoms with Gasteiger partial charge in [0.25, 0.3) is 5.91 Å². The van der Waals surface area contributed by atoms with Crippen molar-refractivity contribution >= 4 is 23.2 Å². The Bertz CT molecular complexity index is 1460. The monoisotopic (exact) mass is 520 g/mol. The molecule has 194 valence electrons. The quantitative estimate of drug-likeness (QED) is 0.353. The minimum absolute atomic E-state index is 0.0642. The van der Waals surface area contributed by atoms with E-state index in [9.17, 15) is 9.59 Å². The molecule has 0 saturated carbocycles. The molecule has 2 heterocycles. The van der Waals surface area contributed by atoms with Crippen molar-refractivity contribution in [1.82, 2.24) is 24.1 Å². The van der Waals surface area contributed by atoms with Crippen LogP contribution in [-0.2, 0) is 6.54 Å². The standard InChI is InChI=1S/C28H33ClN6O2/c1-18(2)24(33(15-9-14-30)27(36)22-13-8-10-19(3)16-22)26-31-25-23(29)20(4)32-35(25)28(37)34(26)17-21-11-6-5-7-12-21/h5-8,10-13,16,18,24H,9,14-15,17,30H2,1-4H3/t24-/m1/s1. The van der Waals surface area contributed by atoms with E-state index in [1.165, 1.54) is 4.52 Å². The highest BCUT2D eigenvalue weighted by Gasteiger charge is 2.33. The second-order valence-electron chi connectivity index (χ2n) is 9.66. The van der Waals surface area contributed by atoms with Crippen molar-refractivity contribution in [1.29, 1.82) is 0 Å². The van der Waals surface area contributed by atoms with Gasteiger partial charge in [-0.1, -0.05) is 73.5 Å². The molecule has 0 radical (unpaired) electrons. The fraction of sp³-hybridized carbons (Fsp3) is 0.357. The lowest BCUT2D eigenvalue weighted by molar-refractivity contribution is 0.0601. The number of fused-ring (bicyclic) bond motifs is 1. The van der Waals surface area contributed by atoms with Crippen molar-refractivity contribution < 1.29 is 4.79 Å². The number of halogens is 1. The van der Waals surface area contributed by atoms with E-state index in [1.807, 2.05) is 75.4 Å². The second kappa shape index (κ2) is 11.3. The summed E-state index contributed by atoms with van der Waals surface area (Å²) in [6.07, 6.45) is 0.610. The largest absolute Gasteiger partial charge is 0.352 e. The third kappa shape index (κ3) is 5.45. The Hall–Kier alpha value is -3.49. The third-order valence-electron chi connectivity index (χ3n) is 6.42. The maximum atomic E-state index is 13.9. The van der Waals surface area contributed by atoms with E-state index in [2.05, 4.69) is 5.10 Å². The fourth-order valence-electron chi connectivity index (χ4n) is 4.62. The molecule has 1 amide bonds. The van der Waals surface area contributed by atoms with Gasteiger partial charge in [-0.15, -0.1) is 0 Å². The Morgan fingerprint density at radius 2 is 1.84 bits per heavy atom. The normalized spacial score (nSPS) is 12.3. The Morgan fingerprint density at radius 3 is 2.49 bits per heavy atom. The van der Waals surface area contributed by atoms with Crippen LogP contribution in [0.25, 0.3) is 5.65 Å². The van der Waals surface area contributed by atoms with E-state index in [0.29, 0.717) is 41.6 Å². The molecule has 0 spiro atoms. The summed E-state index contributed by atoms with van der Waals surface area (Å²) in [5.74, 6) is 0.272. The highest BCUT2D eigenvalue weighted by molar-refractivity contribution is 6.34. The summed E-state index contributed by atoms with van der Waals surface area (Å²) in [5, 5.41) is 4.66. The number of carbonyl (C=O) groups is 1. The van der Waals surface area contributed by atoms with E-state index >= 15 is 0 Å². The van der Waals surface area contributed by atoms with Gasteiger partial charge in [0.05, 0.1) is 18.3 Å². The first-order valence-electron chi connectivity index (χ1n) is 12.5. The number of rotatable bonds is 9. The number of nitrogens with two attached hydrogens (primary N) is 1. The number of nitrogens with zero attached hydrogens (tertiary/aromatic N) is 5. The lowest BCUT2D eigenvalue weighted by Crippen LogP contribution is -2.43. The van der Waals surface area contributed by atoms with Crippen molar-refractivity contribution in [2.24, 2.45) is 11.7 Å². The van der Waals surface area contributed by atoms with Gasteiger partial charge < -0.3 is 10.6 Å². The van der Waals surface area contributed by atoms with Crippen LogP contribution in [0, 0.1) is 19.8 Å². The van der Waals surface area contributed by atoms with Crippen molar-refractivity contribution in [2.75, 3.05) is 13.1 Å². The van der Waals surface area contributed by atoms with Crippen molar-refractivity contribution in [3.63, 3.8) is 0 Å². The Kier molecular flexibility index (Phi) is 8.10. The zero-order valence-corrected chi connectivity index (χ0v) is 22.4. The van der Waals surface area contributed by atoms with E-state index in [4.69, 9.17) is 22.3 Å². The van der Waals surface area contributed by atoms with Gasteiger partial charge in [0.2, 0.25) is 0 Å². The molecule has 0 unspecified atom stereocenters. The lowest BCUT2D eigenvalue weighted by atomic mass is 9.99. The maximum absolute atomic E-state index is 13.9. The summed E-state index contributed by atoms with van der Waals surface area (Å²) in [6, 6.07) is 16.7. The number of aryl methyl sites for hydroxylation is 2. The molecule has 0 bridgehead atoms. The summed E-state index contributed by atoms with van der Waals surface area (Å²) >= 11 is 6.53. The van der Waals surface area contributed by atoms with Gasteiger partial charge in [0, 0.05) is 12.1 Å². The van der Waals surface area contributed by atoms with Gasteiger partial charge in [-0.2, -0.15) is 9.61 Å². The number of hydrogen-bond donors (Lipinski definition) is 1. The summed E-state index contributed by atoms with van der Waals surface area (Å²) in [4.78, 5) is 34.4. The van der Waals surface area contributed by atoms with Crippen molar-refractivity contribution in [3.05, 3.63) is 98.3 Å². The van der Waals surface area contributed by atoms with Crippen LogP contribution < -0.4 is 11.4 Å². The SMILES string of the molecule is Cc1cccc(C(=O)N(CCCN)[C@@H](c2nc3c(Cl)c(C)nn3c(=O)n2Cc2ccccc2)C(C)C)c1. The zero-order chi connectivity index (χ0) is 26.7. The molecule has 8 nitrogen and oxygen atoms in total. The van der Waals surface area contributed by atoms with E-state index in [1.54, 1.807) is 16.4 Å². The summed E-state index contributed by atoms with van der Waals surface area (Å²) in [6.45, 7) is 8.88. The number of aromatic nitrogens is 4. The first kappa shape index (κ1) is 26.6. The molecule has 1 atom stereocenters. The average Bonchev–Trinajstić information content (AvgIpc) is 3.17. The van der Waals surface area contributed by atoms with E-state index in [-0.39, 0.29) is 29.7 Å². The second-order valence-corrected chi connectivity index (χ2v) is 10.0. The molecule has 0 aliphatic carbocycles. The Balaban J connectivity index is 1.95. The van der Waals surface area contributed by atoms with Gasteiger partial charge in [-0.05, 0) is 50.4 Å². The van der Waals surface area contributed by atoms with Gasteiger partial charge in [-0.3, -0.25) is 9.36 Å². The van der Waals surface area contributed by atoms with E-state index < -0.39 is 6.04 Å². The molecule has 2 N–H and O–H groups in total. The molecule has 2 aromatic heterocycles. The van der Waals surface area contributed by atoms with Crippen LogP contribution in [0.2, 0.25) is 5.02 Å². The van der Waals surface area contributed by atoms with Gasteiger partial charge in [0.1, 0.15) is 10.8 Å². The predicted octanol–water partition coefficient (Wildman–Crippen LogP) is 4.40. The highest BCUT2D eigenvalue weighted by Crippen LogP contribution is 2.31. The topological polar surface area (TPSA) is 98.5 Å². The molecule has 4 rings (SSSR count). The molecule has 9 heteroatoms. The smallest absolute Gasteiger partial charge is 0.330 e. The van der Waals surface area contributed by atoms with Crippen LogP contribution in [0.4, 0.5) is 0 Å². The number of hydrogen-bond acceptors (Lipinski definition) is 5. The highest BCUT2D eigenvalue weighted by atomic mass is 35.5. The summed E-state index contributed by atoms with van der Waals surface area (Å²) in [7, 11) is 0. The molecule has 0 aliphatic rings. The predicted molar refractivity (Wildman–Crippen MR) is 146 cm³/mol. The summed E-state index contributed by atoms with van der Waals surface area (Å²) in [5.41, 5.74) is 8.83. The Labute approximate surface area is 221 Å². The lowest BCUT2D eigenvalue weighted by Gasteiger charge is -2.35. The van der Waals surface area contributed by atoms with Crippen LogP contribution >= 0.6 is 11.6 Å². The van der Waals surface area contributed by atoms with Crippen LogP contribution in [0.15, 0.2) is 59.4 Å². The van der Waals surface area contributed by atoms with Gasteiger partial charge >= 0.3 is 5.69 Å². The average molecular weight is 521 g/mol. The first-order chi connectivity index (χ1) is 17.7. The van der Waals surface area contributed by atoms with Crippen LogP contribution in [0.1, 0.15) is 59.3 Å². The van der Waals surface area contributed by atoms with Crippen molar-refractivity contribution in [2.45, 2.75) is 46.7 Å². The Morgan fingerprint density at radius 1 is 1.11 bits per heavy atom. The molecular formula is C28H33ClN6O2. The number of carbonyl (C=O) groups excluding carboxylic acids is 1. The molecule has 2 aromatic carbocycles. The van der Waals surface area contributed by atoms with E-state index in [0.717, 1.165) is 11.1 Å². The van der Waals surface area contributed by atoms with Crippen LogP contribution in [-0.4, -0.2) is 43.1 Å². The number of amides is 1. The molecule has 37 heavy (non-hydrogen) atoms. The third-order valence-corrected chi connectivity index (χ3v) is 6.86. The van der Waals surface area contributed by atoms with Crippen LogP contribution in [0.3, 0.4) is 0 Å². The molecular weight excluding hydrogens is 488 g/mol. The molecule has 0 fully saturated rings. The molecule has 0 aliphatic heterocycles. The summed E-state index contributed by atoms with van der Waals surface area (Å²) < 4.78 is 2.85. The minimum atomic E-state index is -0.507. The van der Waals surface area contributed by atoms with Gasteiger partial charge in [-0.25, -0.2) is 9.78 Å².